The van der Waals surface area contributed by atoms with Gasteiger partial charge in [0.15, 0.2) is 28.9 Å². The van der Waals surface area contributed by atoms with Crippen LogP contribution in [-0.4, -0.2) is 55.3 Å². The molecule has 37 heavy (non-hydrogen) atoms. The van der Waals surface area contributed by atoms with Crippen LogP contribution in [0.15, 0.2) is 37.1 Å². The highest BCUT2D eigenvalue weighted by Gasteiger charge is 2.30. The van der Waals surface area contributed by atoms with E-state index >= 15 is 8.78 Å². The van der Waals surface area contributed by atoms with E-state index in [0.717, 1.165) is 6.07 Å². The number of halogens is 2. The summed E-state index contributed by atoms with van der Waals surface area (Å²) >= 11 is 0. The molecule has 1 fully saturated rings. The first-order valence-electron chi connectivity index (χ1n) is 11.9. The lowest BCUT2D eigenvalue weighted by Crippen LogP contribution is -2.29. The van der Waals surface area contributed by atoms with Gasteiger partial charge in [-0.15, -0.1) is 0 Å². The number of nitrogens with one attached hydrogen (secondary N) is 2. The minimum absolute atomic E-state index is 0.00857. The van der Waals surface area contributed by atoms with Crippen molar-refractivity contribution < 1.29 is 27.8 Å². The lowest BCUT2D eigenvalue weighted by atomic mass is 9.97. The number of ketones is 1. The maximum absolute atomic E-state index is 15.2. The molecule has 0 amide bonds. The van der Waals surface area contributed by atoms with Crippen LogP contribution >= 0.6 is 0 Å². The van der Waals surface area contributed by atoms with Crippen LogP contribution in [-0.2, 0) is 9.53 Å². The number of hydrogen-bond acceptors (Lipinski definition) is 8. The molecule has 0 spiro atoms. The van der Waals surface area contributed by atoms with Crippen LogP contribution < -0.4 is 20.1 Å². The van der Waals surface area contributed by atoms with Gasteiger partial charge >= 0.3 is 0 Å². The lowest BCUT2D eigenvalue weighted by Gasteiger charge is -2.20. The molecule has 1 aromatic carbocycles. The highest BCUT2D eigenvalue weighted by Crippen LogP contribution is 2.39. The van der Waals surface area contributed by atoms with Crippen LogP contribution in [0.4, 0.5) is 20.4 Å². The SMILES string of the molecule is C=CC(=O)C[C@H]1COC[C@H]1Nc1cc2c(NC(C)C)nc(-c3c(F)c(OC)cc(OC)c3F)cc2cn1. The zero-order valence-electron chi connectivity index (χ0n) is 21.2. The second-order valence-corrected chi connectivity index (χ2v) is 9.15. The quantitative estimate of drug-likeness (QED) is 0.367. The Hall–Kier alpha value is -3.79. The molecule has 2 atom stereocenters. The van der Waals surface area contributed by atoms with Gasteiger partial charge in [-0.25, -0.2) is 18.7 Å². The maximum Gasteiger partial charge on any atom is 0.177 e. The normalized spacial score (nSPS) is 17.2. The standard InChI is InChI=1S/C27H30F2N4O4/c1-6-17(34)7-16-12-37-13-20(16)32-23-9-18-15(11-30-23)8-19(33-27(18)31-14(2)3)24-25(28)21(35-4)10-22(36-5)26(24)29/h6,8-11,14,16,20H,1,7,12-13H2,2-5H3,(H,30,32)(H,31,33)/t16-,20+/m0/s1. The zero-order chi connectivity index (χ0) is 26.7. The minimum atomic E-state index is -0.879. The monoisotopic (exact) mass is 512 g/mol. The van der Waals surface area contributed by atoms with E-state index in [1.807, 2.05) is 19.9 Å². The Morgan fingerprint density at radius 2 is 1.89 bits per heavy atom. The molecule has 1 aliphatic rings. The minimum Gasteiger partial charge on any atom is -0.494 e. The molecular weight excluding hydrogens is 482 g/mol. The third-order valence-corrected chi connectivity index (χ3v) is 6.19. The van der Waals surface area contributed by atoms with E-state index in [2.05, 4.69) is 27.2 Å². The molecule has 8 nitrogen and oxygen atoms in total. The van der Waals surface area contributed by atoms with Crippen LogP contribution in [0.2, 0.25) is 0 Å². The number of aromatic nitrogens is 2. The number of fused-ring (bicyclic) bond motifs is 1. The number of ether oxygens (including phenoxy) is 3. The first-order valence-corrected chi connectivity index (χ1v) is 11.9. The van der Waals surface area contributed by atoms with Crippen molar-refractivity contribution in [2.24, 2.45) is 5.92 Å². The van der Waals surface area contributed by atoms with Gasteiger partial charge in [-0.2, -0.15) is 0 Å². The summed E-state index contributed by atoms with van der Waals surface area (Å²) in [6, 6.07) is 4.44. The second kappa shape index (κ2) is 11.1. The van der Waals surface area contributed by atoms with Crippen molar-refractivity contribution in [3.63, 3.8) is 0 Å². The van der Waals surface area contributed by atoms with E-state index in [1.54, 1.807) is 12.3 Å². The molecule has 3 aromatic rings. The topological polar surface area (TPSA) is 94.6 Å². The van der Waals surface area contributed by atoms with E-state index < -0.39 is 11.6 Å². The Morgan fingerprint density at radius 1 is 1.19 bits per heavy atom. The number of carbonyl (C=O) groups excluding carboxylic acids is 1. The summed E-state index contributed by atoms with van der Waals surface area (Å²) in [5, 5.41) is 7.96. The van der Waals surface area contributed by atoms with Crippen molar-refractivity contribution in [2.75, 3.05) is 38.1 Å². The molecule has 1 saturated heterocycles. The molecule has 0 unspecified atom stereocenters. The highest BCUT2D eigenvalue weighted by atomic mass is 19.1. The molecule has 0 radical (unpaired) electrons. The Labute approximate surface area is 214 Å². The summed E-state index contributed by atoms with van der Waals surface area (Å²) in [6.45, 7) is 8.33. The van der Waals surface area contributed by atoms with E-state index in [4.69, 9.17) is 14.2 Å². The first-order chi connectivity index (χ1) is 17.7. The van der Waals surface area contributed by atoms with Gasteiger partial charge in [0.1, 0.15) is 11.6 Å². The van der Waals surface area contributed by atoms with E-state index in [1.165, 1.54) is 20.3 Å². The predicted octanol–water partition coefficient (Wildman–Crippen LogP) is 4.98. The number of allylic oxidation sites excluding steroid dienone is 1. The lowest BCUT2D eigenvalue weighted by molar-refractivity contribution is -0.115. The summed E-state index contributed by atoms with van der Waals surface area (Å²) in [5.41, 5.74) is -0.289. The number of pyridine rings is 2. The number of methoxy groups -OCH3 is 2. The van der Waals surface area contributed by atoms with Crippen LogP contribution in [0.1, 0.15) is 20.3 Å². The highest BCUT2D eigenvalue weighted by molar-refractivity contribution is 5.96. The average molecular weight is 513 g/mol. The van der Waals surface area contributed by atoms with E-state index in [-0.39, 0.29) is 46.5 Å². The van der Waals surface area contributed by atoms with Crippen molar-refractivity contribution in [1.29, 1.82) is 0 Å². The van der Waals surface area contributed by atoms with Crippen molar-refractivity contribution in [1.82, 2.24) is 9.97 Å². The molecule has 10 heteroatoms. The van der Waals surface area contributed by atoms with Crippen molar-refractivity contribution >= 4 is 28.2 Å². The number of benzene rings is 1. The number of rotatable bonds is 10. The Balaban J connectivity index is 1.77. The Morgan fingerprint density at radius 3 is 2.51 bits per heavy atom. The Bertz CT molecular complexity index is 1300. The van der Waals surface area contributed by atoms with Crippen molar-refractivity contribution in [3.8, 4) is 22.8 Å². The molecule has 0 saturated carbocycles. The van der Waals surface area contributed by atoms with Gasteiger partial charge < -0.3 is 24.8 Å². The average Bonchev–Trinajstić information content (AvgIpc) is 3.30. The van der Waals surface area contributed by atoms with Crippen molar-refractivity contribution in [3.05, 3.63) is 48.7 Å². The van der Waals surface area contributed by atoms with Gasteiger partial charge in [-0.05, 0) is 32.1 Å². The molecule has 4 rings (SSSR count). The third-order valence-electron chi connectivity index (χ3n) is 6.19. The number of hydrogen-bond donors (Lipinski definition) is 2. The number of anilines is 2. The summed E-state index contributed by atoms with van der Waals surface area (Å²) in [5.74, 6) is -1.11. The number of carbonyl (C=O) groups is 1. The van der Waals surface area contributed by atoms with E-state index in [9.17, 15) is 4.79 Å². The zero-order valence-corrected chi connectivity index (χ0v) is 21.2. The van der Waals surface area contributed by atoms with Gasteiger partial charge in [-0.1, -0.05) is 6.58 Å². The summed E-state index contributed by atoms with van der Waals surface area (Å²) < 4.78 is 46.2. The molecule has 3 heterocycles. The smallest absolute Gasteiger partial charge is 0.177 e. The molecule has 1 aliphatic heterocycles. The molecule has 0 aliphatic carbocycles. The molecule has 2 aromatic heterocycles. The largest absolute Gasteiger partial charge is 0.494 e. The fraction of sp³-hybridized carbons (Fsp3) is 0.370. The fourth-order valence-electron chi connectivity index (χ4n) is 4.34. The predicted molar refractivity (Wildman–Crippen MR) is 138 cm³/mol. The summed E-state index contributed by atoms with van der Waals surface area (Å²) in [4.78, 5) is 21.0. The number of nitrogens with zero attached hydrogens (tertiary/aromatic N) is 2. The molecule has 2 N–H and O–H groups in total. The molecule has 196 valence electrons. The van der Waals surface area contributed by atoms with Crippen LogP contribution in [0.25, 0.3) is 22.0 Å². The summed E-state index contributed by atoms with van der Waals surface area (Å²) in [6.07, 6.45) is 3.27. The molecule has 0 bridgehead atoms. The van der Waals surface area contributed by atoms with Crippen LogP contribution in [0.5, 0.6) is 11.5 Å². The van der Waals surface area contributed by atoms with Crippen molar-refractivity contribution in [2.45, 2.75) is 32.4 Å². The van der Waals surface area contributed by atoms with Gasteiger partial charge in [0, 0.05) is 41.4 Å². The second-order valence-electron chi connectivity index (χ2n) is 9.15. The van der Waals surface area contributed by atoms with Crippen LogP contribution in [0.3, 0.4) is 0 Å². The van der Waals surface area contributed by atoms with Gasteiger partial charge in [-0.3, -0.25) is 4.79 Å². The van der Waals surface area contributed by atoms with E-state index in [0.29, 0.717) is 42.0 Å². The van der Waals surface area contributed by atoms with Gasteiger partial charge in [0.25, 0.3) is 0 Å². The van der Waals surface area contributed by atoms with Crippen LogP contribution in [0, 0.1) is 17.6 Å². The maximum atomic E-state index is 15.2. The Kier molecular flexibility index (Phi) is 7.87. The fourth-order valence-corrected chi connectivity index (χ4v) is 4.34. The van der Waals surface area contributed by atoms with Gasteiger partial charge in [0.05, 0.1) is 44.7 Å². The first kappa shape index (κ1) is 26.3. The summed E-state index contributed by atoms with van der Waals surface area (Å²) in [7, 11) is 2.59. The third kappa shape index (κ3) is 5.48. The van der Waals surface area contributed by atoms with Gasteiger partial charge in [0.2, 0.25) is 0 Å². The molecular formula is C27H30F2N4O4.